The number of aromatic nitrogens is 2. The summed E-state index contributed by atoms with van der Waals surface area (Å²) in [6.45, 7) is -0.514. The van der Waals surface area contributed by atoms with E-state index >= 15 is 0 Å². The molecule has 0 radical (unpaired) electrons. The van der Waals surface area contributed by atoms with E-state index < -0.39 is 24.3 Å². The van der Waals surface area contributed by atoms with Crippen molar-refractivity contribution < 1.29 is 18.7 Å². The number of ether oxygens (including phenoxy) is 1. The molecule has 0 spiro atoms. The molecule has 0 atom stereocenters. The molecule has 0 aliphatic carbocycles. The minimum Gasteiger partial charge on any atom is -0.456 e. The summed E-state index contributed by atoms with van der Waals surface area (Å²) in [5, 5.41) is 2.84. The number of carbonyl (C=O) groups excluding carboxylic acids is 2. The summed E-state index contributed by atoms with van der Waals surface area (Å²) < 4.78 is 19.1. The van der Waals surface area contributed by atoms with Crippen molar-refractivity contribution in [3.8, 4) is 0 Å². The molecule has 0 fully saturated rings. The number of anilines is 1. The second-order valence-corrected chi connectivity index (χ2v) is 7.13. The SMILES string of the molecule is O=C(COC(=O)CCCc1nc2ccccc2c(=O)[nH]1)Nc1ccc(Br)cc1F. The van der Waals surface area contributed by atoms with Gasteiger partial charge in [0.25, 0.3) is 11.5 Å². The fourth-order valence-electron chi connectivity index (χ4n) is 2.65. The van der Waals surface area contributed by atoms with Gasteiger partial charge >= 0.3 is 5.97 Å². The lowest BCUT2D eigenvalue weighted by Crippen LogP contribution is -2.21. The molecule has 3 rings (SSSR count). The first-order valence-corrected chi connectivity index (χ1v) is 9.60. The number of aryl methyl sites for hydroxylation is 1. The second-order valence-electron chi connectivity index (χ2n) is 6.22. The normalized spacial score (nSPS) is 10.7. The highest BCUT2D eigenvalue weighted by atomic mass is 79.9. The first kappa shape index (κ1) is 20.7. The smallest absolute Gasteiger partial charge is 0.306 e. The van der Waals surface area contributed by atoms with Crippen LogP contribution in [0.25, 0.3) is 10.9 Å². The standard InChI is InChI=1S/C20H17BrFN3O4/c21-12-8-9-16(14(22)10-12)24-18(26)11-29-19(27)7-3-6-17-23-15-5-2-1-4-13(15)20(28)25-17/h1-2,4-5,8-10H,3,6-7,11H2,(H,24,26)(H,23,25,28). The van der Waals surface area contributed by atoms with E-state index in [-0.39, 0.29) is 17.7 Å². The Morgan fingerprint density at radius 1 is 1.21 bits per heavy atom. The van der Waals surface area contributed by atoms with Crippen LogP contribution in [0.3, 0.4) is 0 Å². The third kappa shape index (κ3) is 5.71. The van der Waals surface area contributed by atoms with E-state index in [1.165, 1.54) is 12.1 Å². The molecule has 1 amide bonds. The number of para-hydroxylation sites is 1. The molecule has 7 nitrogen and oxygen atoms in total. The third-order valence-corrected chi connectivity index (χ3v) is 4.52. The van der Waals surface area contributed by atoms with Gasteiger partial charge in [-0.1, -0.05) is 28.1 Å². The molecular formula is C20H17BrFN3O4. The highest BCUT2D eigenvalue weighted by Gasteiger charge is 2.11. The number of aromatic amines is 1. The summed E-state index contributed by atoms with van der Waals surface area (Å²) in [6, 6.07) is 11.2. The van der Waals surface area contributed by atoms with Gasteiger partial charge in [0.05, 0.1) is 16.6 Å². The van der Waals surface area contributed by atoms with Crippen LogP contribution in [0.1, 0.15) is 18.7 Å². The van der Waals surface area contributed by atoms with Crippen LogP contribution in [-0.2, 0) is 20.7 Å². The molecule has 0 aliphatic rings. The molecule has 1 aromatic heterocycles. The molecule has 2 N–H and O–H groups in total. The zero-order chi connectivity index (χ0) is 20.8. The zero-order valence-corrected chi connectivity index (χ0v) is 16.8. The summed E-state index contributed by atoms with van der Waals surface area (Å²) in [6.07, 6.45) is 0.824. The summed E-state index contributed by atoms with van der Waals surface area (Å²) >= 11 is 3.12. The topological polar surface area (TPSA) is 101 Å². The van der Waals surface area contributed by atoms with Crippen molar-refractivity contribution in [1.29, 1.82) is 0 Å². The second kappa shape index (κ2) is 9.42. The maximum Gasteiger partial charge on any atom is 0.306 e. The largest absolute Gasteiger partial charge is 0.456 e. The molecule has 29 heavy (non-hydrogen) atoms. The summed E-state index contributed by atoms with van der Waals surface area (Å²) in [7, 11) is 0. The quantitative estimate of drug-likeness (QED) is 0.525. The summed E-state index contributed by atoms with van der Waals surface area (Å²) in [5.41, 5.74) is 0.358. The first-order chi connectivity index (χ1) is 13.9. The Labute approximate surface area is 173 Å². The third-order valence-electron chi connectivity index (χ3n) is 4.03. The molecule has 3 aromatic rings. The number of halogens is 2. The van der Waals surface area contributed by atoms with Crippen molar-refractivity contribution in [2.45, 2.75) is 19.3 Å². The van der Waals surface area contributed by atoms with Crippen LogP contribution in [-0.4, -0.2) is 28.5 Å². The van der Waals surface area contributed by atoms with Crippen molar-refractivity contribution in [2.24, 2.45) is 0 Å². The molecule has 0 saturated heterocycles. The number of esters is 1. The van der Waals surface area contributed by atoms with E-state index in [4.69, 9.17) is 4.74 Å². The molecule has 0 saturated carbocycles. The summed E-state index contributed by atoms with van der Waals surface area (Å²) in [5.74, 6) is -1.33. The average molecular weight is 462 g/mol. The molecule has 1 heterocycles. The number of hydrogen-bond acceptors (Lipinski definition) is 5. The van der Waals surface area contributed by atoms with Gasteiger partial charge in [-0.2, -0.15) is 0 Å². The van der Waals surface area contributed by atoms with Crippen molar-refractivity contribution in [3.05, 3.63) is 68.9 Å². The van der Waals surface area contributed by atoms with Crippen LogP contribution in [0.5, 0.6) is 0 Å². The lowest BCUT2D eigenvalue weighted by Gasteiger charge is -2.08. The molecule has 9 heteroatoms. The van der Waals surface area contributed by atoms with Crippen molar-refractivity contribution in [2.75, 3.05) is 11.9 Å². The fraction of sp³-hybridized carbons (Fsp3) is 0.200. The molecule has 150 valence electrons. The van der Waals surface area contributed by atoms with E-state index in [9.17, 15) is 18.8 Å². The van der Waals surface area contributed by atoms with Gasteiger partial charge < -0.3 is 15.0 Å². The highest BCUT2D eigenvalue weighted by Crippen LogP contribution is 2.19. The Morgan fingerprint density at radius 2 is 2.00 bits per heavy atom. The molecule has 0 unspecified atom stereocenters. The van der Waals surface area contributed by atoms with Crippen LogP contribution in [0.2, 0.25) is 0 Å². The van der Waals surface area contributed by atoms with Gasteiger partial charge in [-0.05, 0) is 36.8 Å². The van der Waals surface area contributed by atoms with Gasteiger partial charge in [0.2, 0.25) is 0 Å². The predicted molar refractivity (Wildman–Crippen MR) is 109 cm³/mol. The predicted octanol–water partition coefficient (Wildman–Crippen LogP) is 3.33. The van der Waals surface area contributed by atoms with Crippen LogP contribution in [0.15, 0.2) is 51.7 Å². The number of rotatable bonds is 7. The average Bonchev–Trinajstić information content (AvgIpc) is 2.69. The molecule has 0 bridgehead atoms. The van der Waals surface area contributed by atoms with Gasteiger partial charge in [0.1, 0.15) is 11.6 Å². The Morgan fingerprint density at radius 3 is 2.79 bits per heavy atom. The fourth-order valence-corrected chi connectivity index (χ4v) is 2.98. The van der Waals surface area contributed by atoms with E-state index in [2.05, 4.69) is 31.2 Å². The van der Waals surface area contributed by atoms with Gasteiger partial charge in [-0.25, -0.2) is 9.37 Å². The Hall–Kier alpha value is -3.07. The van der Waals surface area contributed by atoms with Crippen molar-refractivity contribution >= 4 is 44.4 Å². The number of H-pyrrole nitrogens is 1. The molecule has 0 aliphatic heterocycles. The van der Waals surface area contributed by atoms with Gasteiger partial charge in [0, 0.05) is 17.3 Å². The minimum atomic E-state index is -0.639. The van der Waals surface area contributed by atoms with Gasteiger partial charge in [-0.15, -0.1) is 0 Å². The van der Waals surface area contributed by atoms with Crippen LogP contribution >= 0.6 is 15.9 Å². The maximum atomic E-state index is 13.7. The number of nitrogens with zero attached hydrogens (tertiary/aromatic N) is 1. The first-order valence-electron chi connectivity index (χ1n) is 8.81. The number of fused-ring (bicyclic) bond motifs is 1. The van der Waals surface area contributed by atoms with Crippen LogP contribution < -0.4 is 10.9 Å². The lowest BCUT2D eigenvalue weighted by atomic mass is 10.2. The number of amides is 1. The number of nitrogens with one attached hydrogen (secondary N) is 2. The number of benzene rings is 2. The number of carbonyl (C=O) groups is 2. The van der Waals surface area contributed by atoms with Gasteiger partial charge in [-0.3, -0.25) is 14.4 Å². The number of hydrogen-bond donors (Lipinski definition) is 2. The monoisotopic (exact) mass is 461 g/mol. The van der Waals surface area contributed by atoms with Gasteiger partial charge in [0.15, 0.2) is 6.61 Å². The van der Waals surface area contributed by atoms with Crippen molar-refractivity contribution in [3.63, 3.8) is 0 Å². The van der Waals surface area contributed by atoms with E-state index in [1.807, 2.05) is 0 Å². The molecular weight excluding hydrogens is 445 g/mol. The van der Waals surface area contributed by atoms with E-state index in [0.29, 0.717) is 34.0 Å². The lowest BCUT2D eigenvalue weighted by molar-refractivity contribution is -0.147. The zero-order valence-electron chi connectivity index (χ0n) is 15.2. The Bertz CT molecular complexity index is 1120. The van der Waals surface area contributed by atoms with Crippen LogP contribution in [0, 0.1) is 5.82 Å². The van der Waals surface area contributed by atoms with E-state index in [0.717, 1.165) is 0 Å². The Balaban J connectivity index is 1.44. The van der Waals surface area contributed by atoms with Crippen molar-refractivity contribution in [1.82, 2.24) is 9.97 Å². The van der Waals surface area contributed by atoms with E-state index in [1.54, 1.807) is 30.3 Å². The highest BCUT2D eigenvalue weighted by molar-refractivity contribution is 9.10. The van der Waals surface area contributed by atoms with Crippen LogP contribution in [0.4, 0.5) is 10.1 Å². The minimum absolute atomic E-state index is 0.000539. The Kier molecular flexibility index (Phi) is 6.71. The molecule has 2 aromatic carbocycles. The summed E-state index contributed by atoms with van der Waals surface area (Å²) in [4.78, 5) is 42.7. The maximum absolute atomic E-state index is 13.7.